The van der Waals surface area contributed by atoms with Crippen molar-refractivity contribution in [3.63, 3.8) is 0 Å². The summed E-state index contributed by atoms with van der Waals surface area (Å²) in [6.07, 6.45) is 0. The van der Waals surface area contributed by atoms with Crippen molar-refractivity contribution in [3.05, 3.63) is 12.2 Å². The Bertz CT molecular complexity index is 397. The summed E-state index contributed by atoms with van der Waals surface area (Å²) in [6, 6.07) is 0. The second-order valence-electron chi connectivity index (χ2n) is 5.02. The fourth-order valence-corrected chi connectivity index (χ4v) is 1.88. The fraction of sp³-hybridized carbons (Fsp3) is 0.727. The van der Waals surface area contributed by atoms with Crippen molar-refractivity contribution in [2.24, 2.45) is 10.7 Å². The van der Waals surface area contributed by atoms with Crippen LogP contribution in [0.25, 0.3) is 0 Å². The molecule has 0 saturated carbocycles. The van der Waals surface area contributed by atoms with Crippen molar-refractivity contribution < 1.29 is 8.42 Å². The topological polar surface area (TPSA) is 84.5 Å². The van der Waals surface area contributed by atoms with E-state index < -0.39 is 14.6 Å². The first-order chi connectivity index (χ1) is 7.56. The molecule has 0 aliphatic carbocycles. The third-order valence-corrected chi connectivity index (χ3v) is 4.74. The molecule has 0 fully saturated rings. The Labute approximate surface area is 127 Å². The molecule has 3 N–H and O–H groups in total. The largest absolute Gasteiger partial charge is 0.370 e. The highest BCUT2D eigenvalue weighted by molar-refractivity contribution is 14.0. The lowest BCUT2D eigenvalue weighted by atomic mass is 10.3. The number of nitrogens with zero attached hydrogens (tertiary/aromatic N) is 1. The molecule has 108 valence electrons. The zero-order valence-electron chi connectivity index (χ0n) is 11.5. The Kier molecular flexibility index (Phi) is 8.87. The van der Waals surface area contributed by atoms with Crippen LogP contribution in [0.5, 0.6) is 0 Å². The smallest absolute Gasteiger partial charge is 0.188 e. The van der Waals surface area contributed by atoms with E-state index in [1.54, 1.807) is 20.8 Å². The number of aliphatic imine (C=N–C) groups is 1. The molecule has 0 rings (SSSR count). The molecular weight excluding hydrogens is 365 g/mol. The monoisotopic (exact) mass is 389 g/mol. The van der Waals surface area contributed by atoms with Crippen LogP contribution in [0, 0.1) is 0 Å². The molecule has 0 aliphatic heterocycles. The maximum Gasteiger partial charge on any atom is 0.188 e. The molecule has 5 nitrogen and oxygen atoms in total. The van der Waals surface area contributed by atoms with Crippen molar-refractivity contribution in [2.75, 3.05) is 18.8 Å². The molecule has 0 aromatic rings. The van der Waals surface area contributed by atoms with Crippen LogP contribution < -0.4 is 11.1 Å². The quantitative estimate of drug-likeness (QED) is 0.321. The highest BCUT2D eigenvalue weighted by Gasteiger charge is 2.28. The van der Waals surface area contributed by atoms with Crippen molar-refractivity contribution in [2.45, 2.75) is 32.4 Å². The van der Waals surface area contributed by atoms with E-state index >= 15 is 0 Å². The van der Waals surface area contributed by atoms with Gasteiger partial charge in [0.15, 0.2) is 15.8 Å². The molecule has 7 heteroatoms. The highest BCUT2D eigenvalue weighted by Crippen LogP contribution is 2.14. The Hall–Kier alpha value is -0.310. The predicted octanol–water partition coefficient (Wildman–Crippen LogP) is 1.30. The second-order valence-corrected chi connectivity index (χ2v) is 7.88. The fourth-order valence-electron chi connectivity index (χ4n) is 0.896. The minimum Gasteiger partial charge on any atom is -0.370 e. The Morgan fingerprint density at radius 3 is 2.28 bits per heavy atom. The number of hydrogen-bond donors (Lipinski definition) is 2. The van der Waals surface area contributed by atoms with Gasteiger partial charge in [-0.05, 0) is 27.7 Å². The molecule has 0 atom stereocenters. The summed E-state index contributed by atoms with van der Waals surface area (Å²) in [5.74, 6) is 0.289. The van der Waals surface area contributed by atoms with Crippen LogP contribution in [0.1, 0.15) is 27.7 Å². The lowest BCUT2D eigenvalue weighted by Crippen LogP contribution is -2.39. The molecule has 0 saturated heterocycles. The summed E-state index contributed by atoms with van der Waals surface area (Å²) < 4.78 is 22.8. The van der Waals surface area contributed by atoms with E-state index in [1.807, 2.05) is 6.92 Å². The van der Waals surface area contributed by atoms with Gasteiger partial charge in [-0.1, -0.05) is 12.2 Å². The molecule has 0 amide bonds. The number of nitrogens with one attached hydrogen (secondary N) is 1. The van der Waals surface area contributed by atoms with Gasteiger partial charge in [-0.3, -0.25) is 0 Å². The average molecular weight is 389 g/mol. The first-order valence-electron chi connectivity index (χ1n) is 5.47. The minimum atomic E-state index is -3.12. The first kappa shape index (κ1) is 20.0. The molecule has 0 bridgehead atoms. The van der Waals surface area contributed by atoms with E-state index in [1.165, 1.54) is 0 Å². The van der Waals surface area contributed by atoms with Crippen LogP contribution in [-0.4, -0.2) is 38.0 Å². The Morgan fingerprint density at radius 1 is 1.39 bits per heavy atom. The van der Waals surface area contributed by atoms with Gasteiger partial charge in [-0.2, -0.15) is 0 Å². The Morgan fingerprint density at radius 2 is 1.89 bits per heavy atom. The highest BCUT2D eigenvalue weighted by atomic mass is 127. The third kappa shape index (κ3) is 7.91. The Balaban J connectivity index is 0. The van der Waals surface area contributed by atoms with Gasteiger partial charge in [0.2, 0.25) is 0 Å². The van der Waals surface area contributed by atoms with Gasteiger partial charge >= 0.3 is 0 Å². The van der Waals surface area contributed by atoms with Crippen LogP contribution in [0.15, 0.2) is 17.1 Å². The summed E-state index contributed by atoms with van der Waals surface area (Å²) in [5, 5.41) is 2.77. The molecule has 18 heavy (non-hydrogen) atoms. The standard InChI is InChI=1S/C11H23N3O2S.HI/c1-9(2)8-14-10(12)13-6-7-17(15,16)11(3,4)5;/h1,6-8H2,2-5H3,(H3,12,13,14);1H. The lowest BCUT2D eigenvalue weighted by Gasteiger charge is -2.19. The van der Waals surface area contributed by atoms with Crippen LogP contribution in [-0.2, 0) is 9.84 Å². The second kappa shape index (κ2) is 7.98. The van der Waals surface area contributed by atoms with Gasteiger partial charge in [-0.25, -0.2) is 13.4 Å². The number of sulfone groups is 1. The van der Waals surface area contributed by atoms with Crippen LogP contribution in [0.3, 0.4) is 0 Å². The van der Waals surface area contributed by atoms with Gasteiger partial charge in [0.25, 0.3) is 0 Å². The normalized spacial score (nSPS) is 12.8. The van der Waals surface area contributed by atoms with E-state index in [9.17, 15) is 8.42 Å². The van der Waals surface area contributed by atoms with Crippen molar-refractivity contribution in [1.82, 2.24) is 5.32 Å². The van der Waals surface area contributed by atoms with Gasteiger partial charge in [0.1, 0.15) is 0 Å². The molecule has 0 spiro atoms. The number of rotatable bonds is 5. The third-order valence-electron chi connectivity index (χ3n) is 2.13. The van der Waals surface area contributed by atoms with E-state index in [2.05, 4.69) is 16.9 Å². The predicted molar refractivity (Wildman–Crippen MR) is 88.3 cm³/mol. The number of nitrogens with two attached hydrogens (primary N) is 1. The molecule has 0 unspecified atom stereocenters. The van der Waals surface area contributed by atoms with Crippen molar-refractivity contribution in [3.8, 4) is 0 Å². The minimum absolute atomic E-state index is 0. The zero-order valence-corrected chi connectivity index (χ0v) is 14.6. The van der Waals surface area contributed by atoms with E-state index in [0.29, 0.717) is 6.54 Å². The van der Waals surface area contributed by atoms with Crippen molar-refractivity contribution in [1.29, 1.82) is 0 Å². The van der Waals surface area contributed by atoms with Crippen LogP contribution >= 0.6 is 24.0 Å². The molecule has 0 aromatic heterocycles. The summed E-state index contributed by atoms with van der Waals surface area (Å²) in [6.45, 7) is 11.3. The van der Waals surface area contributed by atoms with E-state index in [-0.39, 0.29) is 42.2 Å². The summed E-state index contributed by atoms with van der Waals surface area (Å²) >= 11 is 0. The van der Waals surface area contributed by atoms with Gasteiger partial charge in [0.05, 0.1) is 17.0 Å². The van der Waals surface area contributed by atoms with Crippen LogP contribution in [0.4, 0.5) is 0 Å². The molecule has 0 heterocycles. The summed E-state index contributed by atoms with van der Waals surface area (Å²) in [7, 11) is -3.12. The summed E-state index contributed by atoms with van der Waals surface area (Å²) in [4.78, 5) is 3.99. The molecule has 0 aromatic carbocycles. The van der Waals surface area contributed by atoms with Crippen LogP contribution in [0.2, 0.25) is 0 Å². The number of hydrogen-bond acceptors (Lipinski definition) is 3. The number of guanidine groups is 1. The van der Waals surface area contributed by atoms with Gasteiger partial charge in [0, 0.05) is 6.54 Å². The molecule has 0 radical (unpaired) electrons. The SMILES string of the molecule is C=C(C)CN=C(N)NCCS(=O)(=O)C(C)(C)C.I. The average Bonchev–Trinajstić information content (AvgIpc) is 2.12. The molecule has 0 aliphatic rings. The molecular formula is C11H24IN3O2S. The number of halogens is 1. The van der Waals surface area contributed by atoms with E-state index in [4.69, 9.17) is 5.73 Å². The maximum atomic E-state index is 11.8. The van der Waals surface area contributed by atoms with Gasteiger partial charge in [-0.15, -0.1) is 24.0 Å². The summed E-state index contributed by atoms with van der Waals surface area (Å²) in [5.41, 5.74) is 6.46. The maximum absolute atomic E-state index is 11.8. The first-order valence-corrected chi connectivity index (χ1v) is 7.12. The van der Waals surface area contributed by atoms with Gasteiger partial charge < -0.3 is 11.1 Å². The zero-order chi connectivity index (χ0) is 13.7. The van der Waals surface area contributed by atoms with Crippen molar-refractivity contribution >= 4 is 39.8 Å². The lowest BCUT2D eigenvalue weighted by molar-refractivity contribution is 0.559. The van der Waals surface area contributed by atoms with E-state index in [0.717, 1.165) is 5.57 Å².